The molecule has 20 heavy (non-hydrogen) atoms. The van der Waals surface area contributed by atoms with Crippen molar-refractivity contribution in [2.24, 2.45) is 4.99 Å². The van der Waals surface area contributed by atoms with E-state index < -0.39 is 6.23 Å². The summed E-state index contributed by atoms with van der Waals surface area (Å²) in [5.41, 5.74) is 4.38. The average Bonchev–Trinajstić information content (AvgIpc) is 2.96. The fraction of sp³-hybridized carbons (Fsp3) is 0.143. The Morgan fingerprint density at radius 2 is 1.95 bits per heavy atom. The van der Waals surface area contributed by atoms with Crippen molar-refractivity contribution in [1.82, 2.24) is 10.5 Å². The van der Waals surface area contributed by atoms with Crippen LogP contribution in [0.3, 0.4) is 0 Å². The Bertz CT molecular complexity index is 648. The molecule has 0 radical (unpaired) electrons. The number of pyridine rings is 1. The maximum Gasteiger partial charge on any atom is 0.190 e. The van der Waals surface area contributed by atoms with E-state index in [4.69, 9.17) is 16.4 Å². The van der Waals surface area contributed by atoms with E-state index in [1.165, 1.54) is 12.1 Å². The number of aromatic nitrogens is 1. The number of halogens is 2. The second kappa shape index (κ2) is 5.56. The van der Waals surface area contributed by atoms with Crippen LogP contribution in [0.5, 0.6) is 0 Å². The van der Waals surface area contributed by atoms with Gasteiger partial charge < -0.3 is 0 Å². The zero-order chi connectivity index (χ0) is 13.9. The van der Waals surface area contributed by atoms with Crippen LogP contribution in [0.1, 0.15) is 5.69 Å². The minimum absolute atomic E-state index is 0.220. The standard InChI is InChI=1S/C14H11ClFN3O/c15-8-13-18-14(19-20-13)12-7-10(16)6-11(17-12)9-4-2-1-3-5-9/h1-7,13H,8H2,(H,18,19). The maximum atomic E-state index is 13.8. The lowest BCUT2D eigenvalue weighted by molar-refractivity contribution is 0.0524. The summed E-state index contributed by atoms with van der Waals surface area (Å²) >= 11 is 5.65. The number of amidine groups is 1. The first-order chi connectivity index (χ1) is 9.76. The number of hydrogen-bond donors (Lipinski definition) is 1. The highest BCUT2D eigenvalue weighted by Crippen LogP contribution is 2.19. The van der Waals surface area contributed by atoms with Crippen LogP contribution < -0.4 is 5.48 Å². The Labute approximate surface area is 120 Å². The molecule has 4 nitrogen and oxygen atoms in total. The predicted molar refractivity (Wildman–Crippen MR) is 74.9 cm³/mol. The summed E-state index contributed by atoms with van der Waals surface area (Å²) in [4.78, 5) is 13.7. The average molecular weight is 292 g/mol. The molecule has 0 saturated carbocycles. The van der Waals surface area contributed by atoms with Gasteiger partial charge in [0, 0.05) is 17.7 Å². The number of nitrogens with zero attached hydrogens (tertiary/aromatic N) is 2. The van der Waals surface area contributed by atoms with Crippen molar-refractivity contribution in [2.45, 2.75) is 6.23 Å². The molecule has 1 atom stereocenters. The Morgan fingerprint density at radius 3 is 2.65 bits per heavy atom. The lowest BCUT2D eigenvalue weighted by Gasteiger charge is -2.05. The summed E-state index contributed by atoms with van der Waals surface area (Å²) < 4.78 is 13.8. The molecule has 0 saturated heterocycles. The third-order valence-electron chi connectivity index (χ3n) is 2.80. The summed E-state index contributed by atoms with van der Waals surface area (Å²) in [6.07, 6.45) is -0.475. The molecule has 3 rings (SSSR count). The second-order valence-corrected chi connectivity index (χ2v) is 4.54. The van der Waals surface area contributed by atoms with Crippen molar-refractivity contribution >= 4 is 17.4 Å². The highest BCUT2D eigenvalue weighted by molar-refractivity contribution is 6.18. The largest absolute Gasteiger partial charge is 0.246 e. The van der Waals surface area contributed by atoms with Gasteiger partial charge in [0.1, 0.15) is 11.5 Å². The normalized spacial score (nSPS) is 17.7. The molecule has 102 valence electrons. The number of hydroxylamine groups is 1. The van der Waals surface area contributed by atoms with Crippen LogP contribution in [-0.2, 0) is 4.84 Å². The van der Waals surface area contributed by atoms with Crippen LogP contribution in [0.4, 0.5) is 4.39 Å². The molecule has 0 spiro atoms. The number of hydrogen-bond acceptors (Lipinski definition) is 4. The van der Waals surface area contributed by atoms with Gasteiger partial charge in [0.25, 0.3) is 0 Å². The van der Waals surface area contributed by atoms with E-state index in [2.05, 4.69) is 15.5 Å². The highest BCUT2D eigenvalue weighted by Gasteiger charge is 2.20. The Kier molecular flexibility index (Phi) is 3.62. The number of aliphatic imine (C=N–C) groups is 1. The molecule has 1 aliphatic rings. The summed E-state index contributed by atoms with van der Waals surface area (Å²) in [7, 11) is 0. The van der Waals surface area contributed by atoms with Crippen molar-refractivity contribution < 1.29 is 9.23 Å². The van der Waals surface area contributed by atoms with Crippen molar-refractivity contribution in [2.75, 3.05) is 5.88 Å². The van der Waals surface area contributed by atoms with Gasteiger partial charge in [-0.1, -0.05) is 30.3 Å². The molecule has 1 unspecified atom stereocenters. The first-order valence-electron chi connectivity index (χ1n) is 6.05. The van der Waals surface area contributed by atoms with Crippen molar-refractivity contribution in [3.63, 3.8) is 0 Å². The van der Waals surface area contributed by atoms with Crippen LogP contribution in [-0.4, -0.2) is 22.9 Å². The fourth-order valence-electron chi connectivity index (χ4n) is 1.88. The number of rotatable bonds is 3. The maximum absolute atomic E-state index is 13.8. The second-order valence-electron chi connectivity index (χ2n) is 4.23. The van der Waals surface area contributed by atoms with E-state index in [1.807, 2.05) is 30.3 Å². The SMILES string of the molecule is Fc1cc(C2=NC(CCl)ON2)nc(-c2ccccc2)c1. The van der Waals surface area contributed by atoms with Gasteiger partial charge in [-0.05, 0) is 0 Å². The van der Waals surface area contributed by atoms with Gasteiger partial charge in [-0.15, -0.1) is 11.6 Å². The molecule has 2 heterocycles. The molecule has 0 bridgehead atoms. The van der Waals surface area contributed by atoms with Crippen molar-refractivity contribution in [1.29, 1.82) is 0 Å². The Morgan fingerprint density at radius 1 is 1.20 bits per heavy atom. The minimum atomic E-state index is -0.475. The Balaban J connectivity index is 2.00. The van der Waals surface area contributed by atoms with Crippen molar-refractivity contribution in [3.05, 3.63) is 54.0 Å². The van der Waals surface area contributed by atoms with E-state index >= 15 is 0 Å². The van der Waals surface area contributed by atoms with Crippen LogP contribution in [0.15, 0.2) is 47.5 Å². The summed E-state index contributed by atoms with van der Waals surface area (Å²) in [6.45, 7) is 0. The van der Waals surface area contributed by atoms with E-state index in [0.29, 0.717) is 17.2 Å². The van der Waals surface area contributed by atoms with Gasteiger partial charge >= 0.3 is 0 Å². The van der Waals surface area contributed by atoms with Gasteiger partial charge in [0.05, 0.1) is 11.6 Å². The van der Waals surface area contributed by atoms with Crippen LogP contribution in [0.25, 0.3) is 11.3 Å². The zero-order valence-electron chi connectivity index (χ0n) is 10.4. The third kappa shape index (κ3) is 2.64. The summed E-state index contributed by atoms with van der Waals surface area (Å²) in [5, 5.41) is 0. The molecule has 1 aliphatic heterocycles. The molecule has 0 aliphatic carbocycles. The molecule has 0 amide bonds. The summed E-state index contributed by atoms with van der Waals surface area (Å²) in [5.74, 6) is 0.220. The van der Waals surface area contributed by atoms with E-state index in [9.17, 15) is 4.39 Å². The highest BCUT2D eigenvalue weighted by atomic mass is 35.5. The van der Waals surface area contributed by atoms with Crippen LogP contribution in [0, 0.1) is 5.82 Å². The molecule has 2 aromatic rings. The molecule has 1 aromatic heterocycles. The molecule has 6 heteroatoms. The quantitative estimate of drug-likeness (QED) is 0.885. The monoisotopic (exact) mass is 291 g/mol. The number of alkyl halides is 1. The third-order valence-corrected chi connectivity index (χ3v) is 3.06. The molecular weight excluding hydrogens is 281 g/mol. The van der Waals surface area contributed by atoms with E-state index in [1.54, 1.807) is 0 Å². The topological polar surface area (TPSA) is 46.5 Å². The molecule has 1 N–H and O–H groups in total. The lowest BCUT2D eigenvalue weighted by atomic mass is 10.1. The van der Waals surface area contributed by atoms with Crippen molar-refractivity contribution in [3.8, 4) is 11.3 Å². The van der Waals surface area contributed by atoms with E-state index in [-0.39, 0.29) is 11.7 Å². The van der Waals surface area contributed by atoms with Crippen LogP contribution in [0.2, 0.25) is 0 Å². The molecular formula is C14H11ClFN3O. The van der Waals surface area contributed by atoms with Gasteiger partial charge in [-0.25, -0.2) is 24.7 Å². The smallest absolute Gasteiger partial charge is 0.190 e. The molecule has 1 aromatic carbocycles. The fourth-order valence-corrected chi connectivity index (χ4v) is 2.01. The lowest BCUT2D eigenvalue weighted by Crippen LogP contribution is -2.21. The van der Waals surface area contributed by atoms with Gasteiger partial charge in [0.15, 0.2) is 12.1 Å². The van der Waals surface area contributed by atoms with Gasteiger partial charge in [-0.3, -0.25) is 0 Å². The minimum Gasteiger partial charge on any atom is -0.246 e. The predicted octanol–water partition coefficient (Wildman–Crippen LogP) is 2.73. The van der Waals surface area contributed by atoms with E-state index in [0.717, 1.165) is 5.56 Å². The number of benzene rings is 1. The van der Waals surface area contributed by atoms with Gasteiger partial charge in [-0.2, -0.15) is 0 Å². The molecule has 0 fully saturated rings. The van der Waals surface area contributed by atoms with Crippen LogP contribution >= 0.6 is 11.6 Å². The first kappa shape index (κ1) is 13.0. The van der Waals surface area contributed by atoms with Gasteiger partial charge in [0.2, 0.25) is 0 Å². The zero-order valence-corrected chi connectivity index (χ0v) is 11.1. The first-order valence-corrected chi connectivity index (χ1v) is 6.58. The number of nitrogens with one attached hydrogen (secondary N) is 1. The summed E-state index contributed by atoms with van der Waals surface area (Å²) in [6, 6.07) is 12.1. The Hall–Kier alpha value is -1.98.